The van der Waals surface area contributed by atoms with Crippen LogP contribution in [0.25, 0.3) is 6.08 Å². The van der Waals surface area contributed by atoms with E-state index in [-0.39, 0.29) is 11.5 Å². The van der Waals surface area contributed by atoms with Crippen molar-refractivity contribution in [2.24, 2.45) is 0 Å². The van der Waals surface area contributed by atoms with Crippen molar-refractivity contribution in [3.63, 3.8) is 0 Å². The van der Waals surface area contributed by atoms with E-state index in [9.17, 15) is 9.90 Å². The minimum absolute atomic E-state index is 0.0242. The zero-order valence-corrected chi connectivity index (χ0v) is 14.7. The highest BCUT2D eigenvalue weighted by Gasteiger charge is 2.11. The number of ketones is 1. The van der Waals surface area contributed by atoms with Crippen LogP contribution in [-0.2, 0) is 0 Å². The molecule has 0 aliphatic rings. The quantitative estimate of drug-likeness (QED) is 0.621. The topological polar surface area (TPSA) is 55.8 Å². The maximum atomic E-state index is 12.4. The van der Waals surface area contributed by atoms with E-state index < -0.39 is 0 Å². The van der Waals surface area contributed by atoms with Crippen LogP contribution in [0.4, 0.5) is 0 Å². The predicted octanol–water partition coefficient (Wildman–Crippen LogP) is 4.38. The number of benzene rings is 2. The lowest BCUT2D eigenvalue weighted by atomic mass is 10.1. The average Bonchev–Trinajstić information content (AvgIpc) is 2.55. The van der Waals surface area contributed by atoms with Crippen molar-refractivity contribution in [3.05, 3.63) is 57.6 Å². The van der Waals surface area contributed by atoms with Crippen LogP contribution in [0, 0.1) is 6.92 Å². The Morgan fingerprint density at radius 1 is 1.13 bits per heavy atom. The first-order valence-electron chi connectivity index (χ1n) is 6.89. The fourth-order valence-electron chi connectivity index (χ4n) is 2.11. The van der Waals surface area contributed by atoms with Crippen LogP contribution < -0.4 is 9.47 Å². The second kappa shape index (κ2) is 7.33. The highest BCUT2D eigenvalue weighted by atomic mass is 79.9. The SMILES string of the molecule is COc1cc(C)ccc1C(=O)/C=C/c1cc(Br)c(O)c(OC)c1. The van der Waals surface area contributed by atoms with Crippen molar-refractivity contribution in [1.29, 1.82) is 0 Å². The van der Waals surface area contributed by atoms with Crippen LogP contribution in [0.2, 0.25) is 0 Å². The number of phenols is 1. The number of methoxy groups -OCH3 is 2. The number of aromatic hydroxyl groups is 1. The third-order valence-corrected chi connectivity index (χ3v) is 3.92. The number of aryl methyl sites for hydroxylation is 1. The second-order valence-corrected chi connectivity index (χ2v) is 5.81. The molecule has 0 amide bonds. The molecule has 5 heteroatoms. The van der Waals surface area contributed by atoms with E-state index in [2.05, 4.69) is 15.9 Å². The van der Waals surface area contributed by atoms with Crippen LogP contribution in [0.15, 0.2) is 40.9 Å². The molecule has 1 N–H and O–H groups in total. The van der Waals surface area contributed by atoms with Gasteiger partial charge < -0.3 is 14.6 Å². The summed E-state index contributed by atoms with van der Waals surface area (Å²) in [5.41, 5.74) is 2.25. The molecule has 2 rings (SSSR count). The minimum Gasteiger partial charge on any atom is -0.503 e. The van der Waals surface area contributed by atoms with Gasteiger partial charge in [0.05, 0.1) is 24.3 Å². The Morgan fingerprint density at radius 2 is 1.83 bits per heavy atom. The van der Waals surface area contributed by atoms with Crippen molar-refractivity contribution in [1.82, 2.24) is 0 Å². The van der Waals surface area contributed by atoms with Crippen molar-refractivity contribution in [2.45, 2.75) is 6.92 Å². The molecule has 2 aromatic carbocycles. The molecule has 0 spiro atoms. The Balaban J connectivity index is 2.30. The molecular weight excluding hydrogens is 360 g/mol. The Bertz CT molecular complexity index is 766. The standard InChI is InChI=1S/C18H17BrO4/c1-11-4-6-13(16(8-11)22-2)15(20)7-5-12-9-14(19)18(21)17(10-12)23-3/h4-10,21H,1-3H3/b7-5+. The number of hydrogen-bond donors (Lipinski definition) is 1. The fraction of sp³-hybridized carbons (Fsp3) is 0.167. The smallest absolute Gasteiger partial charge is 0.189 e. The summed E-state index contributed by atoms with van der Waals surface area (Å²) in [5.74, 6) is 0.740. The summed E-state index contributed by atoms with van der Waals surface area (Å²) < 4.78 is 10.8. The number of ether oxygens (including phenoxy) is 2. The van der Waals surface area contributed by atoms with E-state index in [0.29, 0.717) is 21.5 Å². The molecule has 0 aliphatic heterocycles. The third kappa shape index (κ3) is 3.93. The van der Waals surface area contributed by atoms with E-state index in [0.717, 1.165) is 11.1 Å². The molecular formula is C18H17BrO4. The summed E-state index contributed by atoms with van der Waals surface area (Å²) in [4.78, 5) is 12.4. The molecule has 2 aromatic rings. The lowest BCUT2D eigenvalue weighted by Gasteiger charge is -2.07. The van der Waals surface area contributed by atoms with Gasteiger partial charge in [-0.1, -0.05) is 12.1 Å². The highest BCUT2D eigenvalue weighted by molar-refractivity contribution is 9.10. The Labute approximate surface area is 143 Å². The summed E-state index contributed by atoms with van der Waals surface area (Å²) in [6.07, 6.45) is 3.12. The number of halogens is 1. The Morgan fingerprint density at radius 3 is 2.48 bits per heavy atom. The van der Waals surface area contributed by atoms with Gasteiger partial charge in [0.25, 0.3) is 0 Å². The maximum absolute atomic E-state index is 12.4. The Kier molecular flexibility index (Phi) is 5.45. The van der Waals surface area contributed by atoms with Gasteiger partial charge >= 0.3 is 0 Å². The van der Waals surface area contributed by atoms with Crippen LogP contribution in [0.1, 0.15) is 21.5 Å². The van der Waals surface area contributed by atoms with E-state index in [1.807, 2.05) is 19.1 Å². The van der Waals surface area contributed by atoms with Crippen molar-refractivity contribution < 1.29 is 19.4 Å². The first kappa shape index (κ1) is 17.1. The highest BCUT2D eigenvalue weighted by Crippen LogP contribution is 2.35. The van der Waals surface area contributed by atoms with Gasteiger partial charge in [0.1, 0.15) is 5.75 Å². The van der Waals surface area contributed by atoms with Gasteiger partial charge in [0.2, 0.25) is 0 Å². The first-order chi connectivity index (χ1) is 11.0. The van der Waals surface area contributed by atoms with E-state index >= 15 is 0 Å². The van der Waals surface area contributed by atoms with Gasteiger partial charge in [-0.2, -0.15) is 0 Å². The van der Waals surface area contributed by atoms with Gasteiger partial charge in [-0.15, -0.1) is 0 Å². The van der Waals surface area contributed by atoms with Gasteiger partial charge in [-0.05, 0) is 64.3 Å². The number of carbonyl (C=O) groups excluding carboxylic acids is 1. The molecule has 0 unspecified atom stereocenters. The summed E-state index contributed by atoms with van der Waals surface area (Å²) in [7, 11) is 3.01. The lowest BCUT2D eigenvalue weighted by molar-refractivity contribution is 0.104. The van der Waals surface area contributed by atoms with Crippen LogP contribution in [-0.4, -0.2) is 25.1 Å². The molecule has 0 bridgehead atoms. The molecule has 0 fully saturated rings. The number of allylic oxidation sites excluding steroid dienone is 1. The predicted molar refractivity (Wildman–Crippen MR) is 93.5 cm³/mol. The number of hydrogen-bond acceptors (Lipinski definition) is 4. The first-order valence-corrected chi connectivity index (χ1v) is 7.69. The fourth-order valence-corrected chi connectivity index (χ4v) is 2.57. The number of carbonyl (C=O) groups is 1. The third-order valence-electron chi connectivity index (χ3n) is 3.32. The van der Waals surface area contributed by atoms with E-state index in [1.165, 1.54) is 20.3 Å². The van der Waals surface area contributed by atoms with Crippen LogP contribution in [0.3, 0.4) is 0 Å². The van der Waals surface area contributed by atoms with Crippen LogP contribution in [0.5, 0.6) is 17.2 Å². The molecule has 0 heterocycles. The summed E-state index contributed by atoms with van der Waals surface area (Å²) in [5, 5.41) is 9.79. The molecule has 0 atom stereocenters. The molecule has 120 valence electrons. The molecule has 23 heavy (non-hydrogen) atoms. The van der Waals surface area contributed by atoms with Gasteiger partial charge in [0.15, 0.2) is 17.3 Å². The van der Waals surface area contributed by atoms with Crippen LogP contribution >= 0.6 is 15.9 Å². The average molecular weight is 377 g/mol. The largest absolute Gasteiger partial charge is 0.503 e. The molecule has 4 nitrogen and oxygen atoms in total. The van der Waals surface area contributed by atoms with E-state index in [1.54, 1.807) is 24.3 Å². The molecule has 0 radical (unpaired) electrons. The summed E-state index contributed by atoms with van der Waals surface area (Å²) in [6, 6.07) is 8.78. The molecule has 0 aliphatic carbocycles. The van der Waals surface area contributed by atoms with Gasteiger partial charge in [-0.25, -0.2) is 0 Å². The maximum Gasteiger partial charge on any atom is 0.189 e. The van der Waals surface area contributed by atoms with Crippen molar-refractivity contribution in [3.8, 4) is 17.2 Å². The Hall–Kier alpha value is -2.27. The minimum atomic E-state index is -0.162. The number of phenolic OH excluding ortho intramolecular Hbond substituents is 1. The van der Waals surface area contributed by atoms with Crippen molar-refractivity contribution >= 4 is 27.8 Å². The zero-order chi connectivity index (χ0) is 17.0. The second-order valence-electron chi connectivity index (χ2n) is 4.95. The van der Waals surface area contributed by atoms with Gasteiger partial charge in [0, 0.05) is 0 Å². The molecule has 0 saturated heterocycles. The number of rotatable bonds is 5. The summed E-state index contributed by atoms with van der Waals surface area (Å²) >= 11 is 3.25. The van der Waals surface area contributed by atoms with Crippen molar-refractivity contribution in [2.75, 3.05) is 14.2 Å². The molecule has 0 aromatic heterocycles. The zero-order valence-electron chi connectivity index (χ0n) is 13.1. The van der Waals surface area contributed by atoms with E-state index in [4.69, 9.17) is 9.47 Å². The lowest BCUT2D eigenvalue weighted by Crippen LogP contribution is -1.99. The molecule has 0 saturated carbocycles. The summed E-state index contributed by atoms with van der Waals surface area (Å²) in [6.45, 7) is 1.94. The normalized spacial score (nSPS) is 10.8. The van der Waals surface area contributed by atoms with Gasteiger partial charge in [-0.3, -0.25) is 4.79 Å². The monoisotopic (exact) mass is 376 g/mol.